The molecule has 0 saturated carbocycles. The second kappa shape index (κ2) is 22.4. The third-order valence-corrected chi connectivity index (χ3v) is 9.20. The van der Waals surface area contributed by atoms with E-state index in [-0.39, 0.29) is 35.9 Å². The third kappa shape index (κ3) is 14.2. The molecule has 15 heteroatoms. The Morgan fingerprint density at radius 1 is 0.961 bits per heavy atom. The second-order valence-electron chi connectivity index (χ2n) is 13.9. The molecule has 0 bridgehead atoms. The van der Waals surface area contributed by atoms with Gasteiger partial charge in [0, 0.05) is 12.8 Å². The summed E-state index contributed by atoms with van der Waals surface area (Å²) in [5.41, 5.74) is 11.1. The van der Waals surface area contributed by atoms with Crippen LogP contribution in [0, 0.1) is 5.92 Å². The van der Waals surface area contributed by atoms with Gasteiger partial charge in [0.25, 0.3) is 5.56 Å². The number of carbonyl (C=O) groups excluding carboxylic acids is 3. The van der Waals surface area contributed by atoms with E-state index in [1.807, 2.05) is 0 Å². The van der Waals surface area contributed by atoms with Crippen LogP contribution < -0.4 is 17.0 Å². The van der Waals surface area contributed by atoms with Gasteiger partial charge in [-0.1, -0.05) is 111 Å². The average molecular weight is 723 g/mol. The van der Waals surface area contributed by atoms with Gasteiger partial charge in [-0.3, -0.25) is 23.9 Å². The maximum atomic E-state index is 15.0. The topological polar surface area (TPSA) is 204 Å². The van der Waals surface area contributed by atoms with Crippen molar-refractivity contribution in [2.75, 3.05) is 18.9 Å². The Morgan fingerprint density at radius 2 is 1.55 bits per heavy atom. The molecule has 5 N–H and O–H groups in total. The number of imidazole rings is 1. The summed E-state index contributed by atoms with van der Waals surface area (Å²) >= 11 is 0. The maximum Gasteiger partial charge on any atom is 0.351 e. The summed E-state index contributed by atoms with van der Waals surface area (Å²) in [4.78, 5) is 60.7. The first-order valence-corrected chi connectivity index (χ1v) is 18.8. The van der Waals surface area contributed by atoms with Gasteiger partial charge in [0.1, 0.15) is 37.8 Å². The van der Waals surface area contributed by atoms with Gasteiger partial charge in [0.15, 0.2) is 11.2 Å². The summed E-state index contributed by atoms with van der Waals surface area (Å²) in [7, 11) is 0. The molecular formula is C36H59FN6O8. The van der Waals surface area contributed by atoms with Crippen LogP contribution in [0.3, 0.4) is 0 Å². The zero-order valence-electron chi connectivity index (χ0n) is 30.6. The van der Waals surface area contributed by atoms with E-state index >= 15 is 4.39 Å². The summed E-state index contributed by atoms with van der Waals surface area (Å²) in [5.74, 6) is -2.76. The van der Waals surface area contributed by atoms with Crippen LogP contribution in [-0.2, 0) is 33.3 Å². The highest BCUT2D eigenvalue weighted by Gasteiger charge is 2.39. The molecule has 0 aliphatic carbocycles. The smallest absolute Gasteiger partial charge is 0.351 e. The Kier molecular flexibility index (Phi) is 18.3. The fourth-order valence-electron chi connectivity index (χ4n) is 5.96. The lowest BCUT2D eigenvalue weighted by atomic mass is 10.0. The number of nitrogens with two attached hydrogens (primary N) is 2. The minimum absolute atomic E-state index is 0.0128. The monoisotopic (exact) mass is 722 g/mol. The number of hydrogen-bond acceptors (Lipinski definition) is 12. The summed E-state index contributed by atoms with van der Waals surface area (Å²) < 4.78 is 38.1. The molecule has 1 aliphatic heterocycles. The Balaban J connectivity index is 1.41. The van der Waals surface area contributed by atoms with E-state index in [2.05, 4.69) is 21.9 Å². The van der Waals surface area contributed by atoms with Crippen LogP contribution in [-0.4, -0.2) is 75.1 Å². The fraction of sp³-hybridized carbons (Fsp3) is 0.778. The first-order valence-electron chi connectivity index (χ1n) is 18.8. The lowest BCUT2D eigenvalue weighted by molar-refractivity contribution is -0.177. The number of anilines is 1. The number of ether oxygens (including phenoxy) is 4. The van der Waals surface area contributed by atoms with Crippen molar-refractivity contribution in [3.05, 3.63) is 16.7 Å². The second-order valence-corrected chi connectivity index (χ2v) is 13.9. The number of nitrogens with one attached hydrogen (secondary N) is 1. The molecule has 1 unspecified atom stereocenters. The first kappa shape index (κ1) is 41.8. The fourth-order valence-corrected chi connectivity index (χ4v) is 5.96. The Labute approximate surface area is 299 Å². The predicted octanol–water partition coefficient (Wildman–Crippen LogP) is 5.57. The number of fused-ring (bicyclic) bond motifs is 1. The molecule has 288 valence electrons. The molecule has 1 fully saturated rings. The van der Waals surface area contributed by atoms with Gasteiger partial charge in [0.2, 0.25) is 12.1 Å². The largest absolute Gasteiger partial charge is 0.460 e. The van der Waals surface area contributed by atoms with Gasteiger partial charge in [-0.25, -0.2) is 14.2 Å². The molecule has 5 atom stereocenters. The molecule has 0 amide bonds. The van der Waals surface area contributed by atoms with Crippen LogP contribution in [0.1, 0.15) is 136 Å². The molecule has 1 saturated heterocycles. The molecule has 0 radical (unpaired) electrons. The summed E-state index contributed by atoms with van der Waals surface area (Å²) in [5, 5.41) is 0. The Morgan fingerprint density at radius 3 is 2.14 bits per heavy atom. The first-order chi connectivity index (χ1) is 24.5. The predicted molar refractivity (Wildman–Crippen MR) is 190 cm³/mol. The van der Waals surface area contributed by atoms with Crippen molar-refractivity contribution in [2.45, 2.75) is 161 Å². The van der Waals surface area contributed by atoms with E-state index in [4.69, 9.17) is 30.4 Å². The van der Waals surface area contributed by atoms with Crippen LogP contribution in [0.15, 0.2) is 11.1 Å². The van der Waals surface area contributed by atoms with E-state index in [9.17, 15) is 19.2 Å². The highest BCUT2D eigenvalue weighted by molar-refractivity contribution is 5.81. The van der Waals surface area contributed by atoms with E-state index in [0.717, 1.165) is 19.3 Å². The quantitative estimate of drug-likeness (QED) is 0.0654. The minimum Gasteiger partial charge on any atom is -0.460 e. The number of nitrogens with zero attached hydrogens (tertiary/aromatic N) is 3. The summed E-state index contributed by atoms with van der Waals surface area (Å²) in [6, 6.07) is -0.937. The normalized spacial score (nSPS) is 18.6. The molecule has 14 nitrogen and oxygen atoms in total. The lowest BCUT2D eigenvalue weighted by Gasteiger charge is -2.21. The van der Waals surface area contributed by atoms with Crippen molar-refractivity contribution < 1.29 is 37.7 Å². The molecule has 51 heavy (non-hydrogen) atoms. The number of halogens is 1. The number of hydrogen-bond donors (Lipinski definition) is 3. The molecule has 0 spiro atoms. The van der Waals surface area contributed by atoms with Crippen LogP contribution in [0.25, 0.3) is 11.2 Å². The van der Waals surface area contributed by atoms with Gasteiger partial charge in [0.05, 0.1) is 6.33 Å². The number of nitrogen functional groups attached to an aromatic ring is 1. The van der Waals surface area contributed by atoms with Crippen molar-refractivity contribution in [3.63, 3.8) is 0 Å². The number of unbranched alkanes of at least 4 members (excludes halogenated alkanes) is 14. The number of rotatable bonds is 25. The van der Waals surface area contributed by atoms with E-state index in [0.29, 0.717) is 6.42 Å². The van der Waals surface area contributed by atoms with Gasteiger partial charge in [-0.2, -0.15) is 4.98 Å². The summed E-state index contributed by atoms with van der Waals surface area (Å²) in [6.45, 7) is 4.62. The lowest BCUT2D eigenvalue weighted by Crippen LogP contribution is -2.41. The van der Waals surface area contributed by atoms with E-state index in [1.165, 1.54) is 81.5 Å². The molecule has 3 heterocycles. The number of aromatic amines is 1. The Bertz CT molecular complexity index is 1420. The van der Waals surface area contributed by atoms with Gasteiger partial charge >= 0.3 is 17.9 Å². The molecule has 3 rings (SSSR count). The van der Waals surface area contributed by atoms with Crippen molar-refractivity contribution in [1.29, 1.82) is 0 Å². The number of aromatic nitrogens is 4. The van der Waals surface area contributed by atoms with Crippen LogP contribution in [0.5, 0.6) is 0 Å². The standard InChI is InChI=1S/C36H59FN6O8/c1-4-5-6-7-8-9-10-11-12-13-14-15-16-17-18-19-29(44)51-27(22-49-35(47)30(38)24(2)3)34(46)48-21-26-25(37)20-28(50-26)43-23-40-31-32(43)41-36(39)42-33(31)45/h23-28,30H,4-22,38H2,1-3H3,(H3,39,41,42,45)/t25-,26+,27?,28+,30-/m0/s1. The molecule has 1 aliphatic rings. The van der Waals surface area contributed by atoms with Crippen molar-refractivity contribution >= 4 is 35.0 Å². The van der Waals surface area contributed by atoms with Gasteiger partial charge in [-0.15, -0.1) is 0 Å². The molecule has 2 aromatic heterocycles. The number of alkyl halides is 1. The van der Waals surface area contributed by atoms with Crippen molar-refractivity contribution in [3.8, 4) is 0 Å². The van der Waals surface area contributed by atoms with Crippen molar-refractivity contribution in [2.24, 2.45) is 11.7 Å². The Hall–Kier alpha value is -3.59. The number of esters is 3. The van der Waals surface area contributed by atoms with E-state index in [1.54, 1.807) is 13.8 Å². The molecular weight excluding hydrogens is 663 g/mol. The SMILES string of the molecule is CCCCCCCCCCCCCCCCCC(=O)OC(COC(=O)[C@@H](N)C(C)C)C(=O)OC[C@H]1O[C@@H](n2cnc3c(=O)[nH]c(N)nc32)C[C@@H]1F. The summed E-state index contributed by atoms with van der Waals surface area (Å²) in [6.07, 6.45) is 13.9. The molecule has 2 aromatic rings. The number of H-pyrrole nitrogens is 1. The van der Waals surface area contributed by atoms with E-state index < -0.39 is 67.3 Å². The highest BCUT2D eigenvalue weighted by atomic mass is 19.1. The number of carbonyl (C=O) groups is 3. The minimum atomic E-state index is -1.57. The highest BCUT2D eigenvalue weighted by Crippen LogP contribution is 2.32. The van der Waals surface area contributed by atoms with Crippen molar-refractivity contribution in [1.82, 2.24) is 19.5 Å². The zero-order chi connectivity index (χ0) is 37.2. The van der Waals surface area contributed by atoms with Crippen LogP contribution in [0.2, 0.25) is 0 Å². The van der Waals surface area contributed by atoms with Gasteiger partial charge < -0.3 is 30.4 Å². The van der Waals surface area contributed by atoms with Gasteiger partial charge in [-0.05, 0) is 12.3 Å². The maximum absolute atomic E-state index is 15.0. The van der Waals surface area contributed by atoms with Crippen LogP contribution >= 0.6 is 0 Å². The third-order valence-electron chi connectivity index (χ3n) is 9.20. The molecule has 0 aromatic carbocycles. The average Bonchev–Trinajstić information content (AvgIpc) is 3.69. The zero-order valence-corrected chi connectivity index (χ0v) is 30.6. The van der Waals surface area contributed by atoms with Crippen LogP contribution in [0.4, 0.5) is 10.3 Å².